The van der Waals surface area contributed by atoms with Crippen LogP contribution in [0.15, 0.2) is 0 Å². The van der Waals surface area contributed by atoms with Crippen molar-refractivity contribution in [3.05, 3.63) is 0 Å². The van der Waals surface area contributed by atoms with Gasteiger partial charge in [0.2, 0.25) is 0 Å². The van der Waals surface area contributed by atoms with Gasteiger partial charge < -0.3 is 5.11 Å². The average Bonchev–Trinajstić information content (AvgIpc) is 2.06. The van der Waals surface area contributed by atoms with Crippen molar-refractivity contribution in [1.29, 1.82) is 0 Å². The molecular weight excluding hydrogens is 217 g/mol. The molecule has 3 heteroatoms. The standard InChI is InChI=1S/C6H11.C4H8O2.Zn/c1-2-4-6-5-3-1;1-2-3-4(5)6;/h1H,2-6H2;2-3H2,1H3,(H,5,6);. The third-order valence-electron chi connectivity index (χ3n) is 2.19. The maximum atomic E-state index is 9.60. The number of aliphatic carboxylic acids is 1. The second-order valence-electron chi connectivity index (χ2n) is 3.65. The van der Waals surface area contributed by atoms with E-state index >= 15 is 0 Å². The van der Waals surface area contributed by atoms with E-state index in [-0.39, 0.29) is 0 Å². The van der Waals surface area contributed by atoms with E-state index in [1.165, 1.54) is 19.3 Å². The van der Waals surface area contributed by atoms with Crippen molar-refractivity contribution in [3.63, 3.8) is 0 Å². The molecule has 0 bridgehead atoms. The van der Waals surface area contributed by atoms with Crippen LogP contribution in [0.4, 0.5) is 0 Å². The van der Waals surface area contributed by atoms with Crippen molar-refractivity contribution in [2.45, 2.75) is 56.4 Å². The van der Waals surface area contributed by atoms with Crippen molar-refractivity contribution in [2.75, 3.05) is 0 Å². The normalized spacial score (nSPS) is 17.5. The number of hydrogen-bond acceptors (Lipinski definition) is 1. The quantitative estimate of drug-likeness (QED) is 0.748. The third kappa shape index (κ3) is 10.0. The van der Waals surface area contributed by atoms with Gasteiger partial charge >= 0.3 is 60.9 Å². The van der Waals surface area contributed by atoms with Crippen LogP contribution in [0.2, 0.25) is 4.51 Å². The Morgan fingerprint density at radius 3 is 2.08 bits per heavy atom. The Morgan fingerprint density at radius 1 is 1.38 bits per heavy atom. The van der Waals surface area contributed by atoms with Crippen molar-refractivity contribution < 1.29 is 28.2 Å². The van der Waals surface area contributed by atoms with Crippen LogP contribution in [-0.2, 0) is 23.1 Å². The summed E-state index contributed by atoms with van der Waals surface area (Å²) >= 11 is 1.54. The van der Waals surface area contributed by atoms with Crippen molar-refractivity contribution in [3.8, 4) is 0 Å². The molecule has 0 radical (unpaired) electrons. The van der Waals surface area contributed by atoms with Gasteiger partial charge in [-0.1, -0.05) is 6.92 Å². The van der Waals surface area contributed by atoms with E-state index in [4.69, 9.17) is 5.11 Å². The van der Waals surface area contributed by atoms with Crippen molar-refractivity contribution >= 4 is 5.97 Å². The van der Waals surface area contributed by atoms with Crippen LogP contribution in [0.1, 0.15) is 51.9 Å². The molecule has 0 aromatic rings. The minimum absolute atomic E-state index is 0.292. The third-order valence-corrected chi connectivity index (χ3v) is 3.90. The van der Waals surface area contributed by atoms with Gasteiger partial charge in [0.15, 0.2) is 0 Å². The molecule has 1 saturated carbocycles. The summed E-state index contributed by atoms with van der Waals surface area (Å²) in [6, 6.07) is 0. The van der Waals surface area contributed by atoms with Crippen LogP contribution in [-0.4, -0.2) is 11.1 Å². The van der Waals surface area contributed by atoms with Gasteiger partial charge in [0.25, 0.3) is 0 Å². The molecule has 0 saturated heterocycles. The molecule has 0 aliphatic heterocycles. The van der Waals surface area contributed by atoms with Crippen LogP contribution in [0.25, 0.3) is 0 Å². The summed E-state index contributed by atoms with van der Waals surface area (Å²) in [5.41, 5.74) is 0. The predicted octanol–water partition coefficient (Wildman–Crippen LogP) is 3.16. The molecule has 0 atom stereocenters. The van der Waals surface area contributed by atoms with E-state index in [1.807, 2.05) is 6.92 Å². The second-order valence-corrected chi connectivity index (χ2v) is 6.07. The summed E-state index contributed by atoms with van der Waals surface area (Å²) in [4.78, 5) is 9.60. The minimum atomic E-state index is -0.711. The molecule has 0 amide bonds. The van der Waals surface area contributed by atoms with Gasteiger partial charge in [0.1, 0.15) is 0 Å². The van der Waals surface area contributed by atoms with Gasteiger partial charge in [-0.05, 0) is 6.42 Å². The molecule has 0 aromatic carbocycles. The van der Waals surface area contributed by atoms with Crippen LogP contribution in [0.3, 0.4) is 0 Å². The Bertz CT molecular complexity index is 131. The van der Waals surface area contributed by atoms with E-state index < -0.39 is 5.97 Å². The molecule has 1 N–H and O–H groups in total. The summed E-state index contributed by atoms with van der Waals surface area (Å²) in [7, 11) is 0. The first-order valence-electron chi connectivity index (χ1n) is 5.21. The van der Waals surface area contributed by atoms with Crippen molar-refractivity contribution in [1.82, 2.24) is 0 Å². The van der Waals surface area contributed by atoms with Crippen LogP contribution in [0, 0.1) is 0 Å². The number of carbonyl (C=O) groups is 1. The topological polar surface area (TPSA) is 37.3 Å². The predicted molar refractivity (Wildman–Crippen MR) is 49.4 cm³/mol. The number of hydrogen-bond donors (Lipinski definition) is 1. The second kappa shape index (κ2) is 8.68. The summed E-state index contributed by atoms with van der Waals surface area (Å²) < 4.78 is 1.16. The molecule has 0 spiro atoms. The van der Waals surface area contributed by atoms with E-state index in [9.17, 15) is 4.79 Å². The SMILES string of the molecule is CCCC(=O)O.[Zn][CH]1CCCCC1. The fourth-order valence-electron chi connectivity index (χ4n) is 1.40. The molecule has 1 rings (SSSR count). The Balaban J connectivity index is 0.000000226. The molecule has 0 aromatic heterocycles. The zero-order valence-corrected chi connectivity index (χ0v) is 11.6. The Labute approximate surface area is 90.8 Å². The van der Waals surface area contributed by atoms with Gasteiger partial charge in [-0.3, -0.25) is 4.79 Å². The first kappa shape index (κ1) is 13.1. The fraction of sp³-hybridized carbons (Fsp3) is 0.900. The first-order valence-corrected chi connectivity index (χ1v) is 6.93. The zero-order valence-electron chi connectivity index (χ0n) is 8.59. The maximum absolute atomic E-state index is 9.60. The summed E-state index contributed by atoms with van der Waals surface area (Å²) in [6.45, 7) is 1.84. The molecule has 0 unspecified atom stereocenters. The molecule has 1 aliphatic carbocycles. The van der Waals surface area contributed by atoms with Crippen LogP contribution in [0.5, 0.6) is 0 Å². The summed E-state index contributed by atoms with van der Waals surface area (Å²) in [5, 5.41) is 7.91. The molecule has 1 fully saturated rings. The monoisotopic (exact) mass is 235 g/mol. The number of carboxylic acids is 1. The van der Waals surface area contributed by atoms with Gasteiger partial charge in [-0.2, -0.15) is 0 Å². The van der Waals surface area contributed by atoms with Crippen molar-refractivity contribution in [2.24, 2.45) is 0 Å². The molecule has 1 aliphatic rings. The van der Waals surface area contributed by atoms with Crippen LogP contribution >= 0.6 is 0 Å². The Hall–Kier alpha value is 0.0934. The molecule has 73 valence electrons. The van der Waals surface area contributed by atoms with Gasteiger partial charge in [-0.25, -0.2) is 0 Å². The summed E-state index contributed by atoms with van der Waals surface area (Å²) in [5.74, 6) is -0.711. The first-order chi connectivity index (χ1) is 6.16. The zero-order chi connectivity index (χ0) is 10.1. The average molecular weight is 237 g/mol. The molecule has 13 heavy (non-hydrogen) atoms. The van der Waals surface area contributed by atoms with E-state index in [0.717, 1.165) is 10.9 Å². The van der Waals surface area contributed by atoms with Crippen LogP contribution < -0.4 is 0 Å². The number of rotatable bonds is 2. The van der Waals surface area contributed by atoms with Gasteiger partial charge in [0, 0.05) is 6.42 Å². The number of carboxylic acid groups (broad SMARTS) is 1. The molecular formula is C10H19O2Zn. The van der Waals surface area contributed by atoms with E-state index in [0.29, 0.717) is 6.42 Å². The summed E-state index contributed by atoms with van der Waals surface area (Å²) in [6.07, 6.45) is 8.65. The van der Waals surface area contributed by atoms with E-state index in [2.05, 4.69) is 0 Å². The van der Waals surface area contributed by atoms with E-state index in [1.54, 1.807) is 31.1 Å². The fourth-order valence-corrected chi connectivity index (χ4v) is 2.61. The Morgan fingerprint density at radius 2 is 1.92 bits per heavy atom. The molecule has 2 nitrogen and oxygen atoms in total. The van der Waals surface area contributed by atoms with Gasteiger partial charge in [0.05, 0.1) is 0 Å². The Kier molecular flexibility index (Phi) is 8.74. The molecule has 0 heterocycles. The van der Waals surface area contributed by atoms with Gasteiger partial charge in [-0.15, -0.1) is 0 Å².